The maximum absolute atomic E-state index is 15.3. The largest absolute Gasteiger partial charge is 0.444 e. The first-order valence-electron chi connectivity index (χ1n) is 14.3. The predicted molar refractivity (Wildman–Crippen MR) is 161 cm³/mol. The van der Waals surface area contributed by atoms with E-state index in [9.17, 15) is 9.59 Å². The lowest BCUT2D eigenvalue weighted by molar-refractivity contribution is 0.0270. The average molecular weight is 568 g/mol. The van der Waals surface area contributed by atoms with E-state index in [-0.39, 0.29) is 18.0 Å². The Kier molecular flexibility index (Phi) is 7.04. The van der Waals surface area contributed by atoms with Crippen LogP contribution in [0, 0.1) is 12.7 Å². The van der Waals surface area contributed by atoms with E-state index < -0.39 is 11.4 Å². The first kappa shape index (κ1) is 27.6. The normalized spacial score (nSPS) is 15.5. The molecule has 1 aliphatic carbocycles. The number of nitrogens with zero attached hydrogens (tertiary/aromatic N) is 4. The standard InChI is InChI=1S/C33H34FN5O3/c1-20-25(16-23(34)17-28(20)39(24-10-11-24)31(40)22-8-6-5-7-9-22)29-26-18-27(37-30(26)36-19-35-29)21-12-14-38(15-13-21)32(41)42-33(2,3)4/h5-9,12,16-19,24H,10-11,13-15H2,1-4H3,(H,35,36,37). The van der Waals surface area contributed by atoms with Crippen LogP contribution in [-0.4, -0.2) is 56.6 Å². The van der Waals surface area contributed by atoms with E-state index in [0.717, 1.165) is 35.1 Å². The number of hydrogen-bond donors (Lipinski definition) is 1. The molecule has 3 heterocycles. The van der Waals surface area contributed by atoms with E-state index >= 15 is 4.39 Å². The van der Waals surface area contributed by atoms with Crippen LogP contribution in [0.15, 0.2) is 60.9 Å². The number of hydrogen-bond acceptors (Lipinski definition) is 5. The van der Waals surface area contributed by atoms with Gasteiger partial charge in [-0.05, 0) is 88.4 Å². The van der Waals surface area contributed by atoms with Crippen LogP contribution in [0.2, 0.25) is 0 Å². The second-order valence-electron chi connectivity index (χ2n) is 11.9. The highest BCUT2D eigenvalue weighted by Gasteiger charge is 2.36. The fourth-order valence-corrected chi connectivity index (χ4v) is 5.42. The van der Waals surface area contributed by atoms with Crippen LogP contribution in [0.1, 0.15) is 61.6 Å². The van der Waals surface area contributed by atoms with Crippen molar-refractivity contribution in [3.8, 4) is 11.3 Å². The van der Waals surface area contributed by atoms with Crippen molar-refractivity contribution in [3.63, 3.8) is 0 Å². The summed E-state index contributed by atoms with van der Waals surface area (Å²) in [6.45, 7) is 8.45. The molecule has 2 amide bonds. The molecular weight excluding hydrogens is 533 g/mol. The third kappa shape index (κ3) is 5.51. The summed E-state index contributed by atoms with van der Waals surface area (Å²) in [5, 5.41) is 0.759. The number of anilines is 1. The van der Waals surface area contributed by atoms with Crippen molar-refractivity contribution in [2.24, 2.45) is 0 Å². The van der Waals surface area contributed by atoms with Gasteiger partial charge in [-0.1, -0.05) is 24.3 Å². The van der Waals surface area contributed by atoms with Gasteiger partial charge in [-0.25, -0.2) is 19.2 Å². The highest BCUT2D eigenvalue weighted by Crippen LogP contribution is 2.40. The lowest BCUT2D eigenvalue weighted by Gasteiger charge is -2.29. The Bertz CT molecular complexity index is 1700. The molecule has 2 aromatic carbocycles. The van der Waals surface area contributed by atoms with Crippen LogP contribution in [0.25, 0.3) is 27.9 Å². The van der Waals surface area contributed by atoms with Gasteiger partial charge >= 0.3 is 6.09 Å². The molecule has 216 valence electrons. The second kappa shape index (κ2) is 10.7. The lowest BCUT2D eigenvalue weighted by Crippen LogP contribution is -2.39. The summed E-state index contributed by atoms with van der Waals surface area (Å²) in [4.78, 5) is 41.9. The zero-order valence-electron chi connectivity index (χ0n) is 24.3. The molecule has 0 bridgehead atoms. The second-order valence-corrected chi connectivity index (χ2v) is 11.9. The Labute approximate surface area is 244 Å². The molecule has 1 fully saturated rings. The summed E-state index contributed by atoms with van der Waals surface area (Å²) in [7, 11) is 0. The van der Waals surface area contributed by atoms with Crippen molar-refractivity contribution in [2.75, 3.05) is 18.0 Å². The first-order valence-corrected chi connectivity index (χ1v) is 14.3. The Balaban J connectivity index is 1.34. The molecule has 0 unspecified atom stereocenters. The summed E-state index contributed by atoms with van der Waals surface area (Å²) in [6, 6.07) is 14.1. The molecule has 0 saturated heterocycles. The van der Waals surface area contributed by atoms with Gasteiger partial charge in [0.25, 0.3) is 5.91 Å². The van der Waals surface area contributed by atoms with Gasteiger partial charge in [-0.2, -0.15) is 0 Å². The van der Waals surface area contributed by atoms with Crippen molar-refractivity contribution in [1.29, 1.82) is 0 Å². The lowest BCUT2D eigenvalue weighted by atomic mass is 9.99. The molecule has 0 atom stereocenters. The van der Waals surface area contributed by atoms with Crippen LogP contribution in [0.4, 0.5) is 14.9 Å². The van der Waals surface area contributed by atoms with Crippen LogP contribution >= 0.6 is 0 Å². The number of benzene rings is 2. The van der Waals surface area contributed by atoms with Gasteiger partial charge in [-0.15, -0.1) is 0 Å². The number of rotatable bonds is 5. The summed E-state index contributed by atoms with van der Waals surface area (Å²) in [6.07, 6.45) is 5.56. The number of carbonyl (C=O) groups is 2. The van der Waals surface area contributed by atoms with Crippen LogP contribution in [-0.2, 0) is 4.74 Å². The van der Waals surface area contributed by atoms with Crippen LogP contribution in [0.5, 0.6) is 0 Å². The fraction of sp³-hybridized carbons (Fsp3) is 0.333. The molecule has 2 aliphatic rings. The quantitative estimate of drug-likeness (QED) is 0.283. The number of aromatic nitrogens is 3. The molecule has 9 heteroatoms. The van der Waals surface area contributed by atoms with E-state index in [4.69, 9.17) is 4.74 Å². The highest BCUT2D eigenvalue weighted by atomic mass is 19.1. The number of ether oxygens (including phenoxy) is 1. The number of aromatic amines is 1. The maximum atomic E-state index is 15.3. The van der Waals surface area contributed by atoms with E-state index in [1.807, 2.05) is 58.0 Å². The van der Waals surface area contributed by atoms with Crippen molar-refractivity contribution in [1.82, 2.24) is 19.9 Å². The van der Waals surface area contributed by atoms with Crippen molar-refractivity contribution in [2.45, 2.75) is 58.6 Å². The van der Waals surface area contributed by atoms with Crippen molar-refractivity contribution < 1.29 is 18.7 Å². The predicted octanol–water partition coefficient (Wildman–Crippen LogP) is 6.91. The topological polar surface area (TPSA) is 91.4 Å². The van der Waals surface area contributed by atoms with E-state index in [2.05, 4.69) is 15.0 Å². The monoisotopic (exact) mass is 567 g/mol. The fourth-order valence-electron chi connectivity index (χ4n) is 5.42. The molecule has 1 saturated carbocycles. The number of H-pyrrole nitrogens is 1. The number of halogens is 1. The summed E-state index contributed by atoms with van der Waals surface area (Å²) >= 11 is 0. The summed E-state index contributed by atoms with van der Waals surface area (Å²) < 4.78 is 20.8. The minimum Gasteiger partial charge on any atom is -0.444 e. The molecule has 0 radical (unpaired) electrons. The zero-order valence-corrected chi connectivity index (χ0v) is 24.3. The number of amides is 2. The maximum Gasteiger partial charge on any atom is 0.410 e. The molecule has 1 N–H and O–H groups in total. The molecule has 6 rings (SSSR count). The van der Waals surface area contributed by atoms with Crippen LogP contribution in [0.3, 0.4) is 0 Å². The first-order chi connectivity index (χ1) is 20.1. The van der Waals surface area contributed by atoms with Crippen molar-refractivity contribution >= 4 is 34.3 Å². The molecule has 1 aliphatic heterocycles. The van der Waals surface area contributed by atoms with Crippen LogP contribution < -0.4 is 4.90 Å². The highest BCUT2D eigenvalue weighted by molar-refractivity contribution is 6.08. The third-order valence-electron chi connectivity index (χ3n) is 7.64. The molecular formula is C33H34FN5O3. The van der Waals surface area contributed by atoms with Gasteiger partial charge in [0.2, 0.25) is 0 Å². The van der Waals surface area contributed by atoms with Gasteiger partial charge in [0, 0.05) is 41.3 Å². The Morgan fingerprint density at radius 1 is 1.10 bits per heavy atom. The molecule has 0 spiro atoms. The Hall–Kier alpha value is -4.53. The summed E-state index contributed by atoms with van der Waals surface area (Å²) in [5.74, 6) is -0.573. The third-order valence-corrected chi connectivity index (χ3v) is 7.64. The minimum absolute atomic E-state index is 0.0359. The molecule has 42 heavy (non-hydrogen) atoms. The van der Waals surface area contributed by atoms with Gasteiger partial charge in [0.1, 0.15) is 23.4 Å². The SMILES string of the molecule is Cc1c(-c2ncnc3[nH]c(C4=CCN(C(=O)OC(C)(C)C)CC4)cc23)cc(F)cc1N(C(=O)c1ccccc1)C1CC1. The van der Waals surface area contributed by atoms with Gasteiger partial charge in [0.15, 0.2) is 0 Å². The minimum atomic E-state index is -0.549. The number of nitrogens with one attached hydrogen (secondary N) is 1. The molecule has 2 aromatic heterocycles. The van der Waals surface area contributed by atoms with Crippen molar-refractivity contribution in [3.05, 3.63) is 83.6 Å². The number of fused-ring (bicyclic) bond motifs is 1. The van der Waals surface area contributed by atoms with Gasteiger partial charge in [-0.3, -0.25) is 4.79 Å². The average Bonchev–Trinajstić information content (AvgIpc) is 3.70. The van der Waals surface area contributed by atoms with Gasteiger partial charge in [0.05, 0.1) is 11.4 Å². The van der Waals surface area contributed by atoms with E-state index in [0.29, 0.717) is 47.7 Å². The Morgan fingerprint density at radius 2 is 1.86 bits per heavy atom. The molecule has 8 nitrogen and oxygen atoms in total. The zero-order chi connectivity index (χ0) is 29.6. The summed E-state index contributed by atoms with van der Waals surface area (Å²) in [5.41, 5.74) is 5.13. The van der Waals surface area contributed by atoms with Gasteiger partial charge < -0.3 is 19.5 Å². The van der Waals surface area contributed by atoms with E-state index in [1.54, 1.807) is 21.9 Å². The number of carbonyl (C=O) groups excluding carboxylic acids is 2. The smallest absolute Gasteiger partial charge is 0.410 e. The Morgan fingerprint density at radius 3 is 2.52 bits per heavy atom. The van der Waals surface area contributed by atoms with E-state index in [1.165, 1.54) is 18.5 Å². The molecule has 4 aromatic rings.